The van der Waals surface area contributed by atoms with E-state index in [1.54, 1.807) is 6.07 Å². The molecule has 2 fully saturated rings. The maximum Gasteiger partial charge on any atom is 0.288 e. The second-order valence-corrected chi connectivity index (χ2v) is 7.92. The highest BCUT2D eigenvalue weighted by molar-refractivity contribution is 7.90. The Labute approximate surface area is 129 Å². The number of nitrogens with zero attached hydrogens (tertiary/aromatic N) is 3. The number of anilines is 1. The second-order valence-electron chi connectivity index (χ2n) is 5.94. The summed E-state index contributed by atoms with van der Waals surface area (Å²) in [5.74, 6) is 0. The third-order valence-electron chi connectivity index (χ3n) is 4.28. The van der Waals surface area contributed by atoms with Crippen molar-refractivity contribution in [3.05, 3.63) is 28.3 Å². The molecule has 0 bridgehead atoms. The number of sulfone groups is 1. The minimum atomic E-state index is -3.63. The molecule has 1 aromatic carbocycles. The van der Waals surface area contributed by atoms with E-state index in [9.17, 15) is 18.5 Å². The Balaban J connectivity index is 1.84. The lowest BCUT2D eigenvalue weighted by Gasteiger charge is -2.36. The molecular formula is C14H19N3O4S. The first-order valence-corrected chi connectivity index (χ1v) is 9.23. The van der Waals surface area contributed by atoms with Crippen molar-refractivity contribution < 1.29 is 13.3 Å². The fourth-order valence-corrected chi connectivity index (χ4v) is 3.79. The van der Waals surface area contributed by atoms with E-state index in [0.29, 0.717) is 0 Å². The molecular weight excluding hydrogens is 306 g/mol. The van der Waals surface area contributed by atoms with Crippen molar-refractivity contribution in [2.75, 3.05) is 37.3 Å². The second kappa shape index (κ2) is 5.51. The van der Waals surface area contributed by atoms with Gasteiger partial charge < -0.3 is 4.90 Å². The van der Waals surface area contributed by atoms with Gasteiger partial charge in [-0.15, -0.1) is 0 Å². The highest BCUT2D eigenvalue weighted by Gasteiger charge is 2.31. The summed E-state index contributed by atoms with van der Waals surface area (Å²) in [6.07, 6.45) is 3.55. The summed E-state index contributed by atoms with van der Waals surface area (Å²) in [7, 11) is -3.63. The lowest BCUT2D eigenvalue weighted by atomic mass is 10.2. The fraction of sp³-hybridized carbons (Fsp3) is 0.571. The Kier molecular flexibility index (Phi) is 3.82. The first-order chi connectivity index (χ1) is 10.4. The van der Waals surface area contributed by atoms with Crippen molar-refractivity contribution >= 4 is 21.2 Å². The van der Waals surface area contributed by atoms with E-state index < -0.39 is 14.8 Å². The number of hydrogen-bond donors (Lipinski definition) is 0. The molecule has 22 heavy (non-hydrogen) atoms. The van der Waals surface area contributed by atoms with Gasteiger partial charge in [0.25, 0.3) is 5.69 Å². The third-order valence-corrected chi connectivity index (χ3v) is 5.41. The number of nitro benzene ring substituents is 1. The summed E-state index contributed by atoms with van der Waals surface area (Å²) < 4.78 is 23.6. The summed E-state index contributed by atoms with van der Waals surface area (Å²) >= 11 is 0. The van der Waals surface area contributed by atoms with E-state index in [2.05, 4.69) is 9.80 Å². The van der Waals surface area contributed by atoms with Crippen LogP contribution in [0.2, 0.25) is 0 Å². The normalized spacial score (nSPS) is 20.1. The van der Waals surface area contributed by atoms with E-state index in [1.165, 1.54) is 25.0 Å². The number of benzene rings is 1. The van der Waals surface area contributed by atoms with Crippen LogP contribution in [0.4, 0.5) is 11.4 Å². The first kappa shape index (κ1) is 15.2. The summed E-state index contributed by atoms with van der Waals surface area (Å²) in [5.41, 5.74) is 0.379. The maximum atomic E-state index is 11.8. The van der Waals surface area contributed by atoms with E-state index in [-0.39, 0.29) is 10.6 Å². The van der Waals surface area contributed by atoms with Crippen LogP contribution >= 0.6 is 0 Å². The molecule has 1 saturated carbocycles. The van der Waals surface area contributed by atoms with Crippen molar-refractivity contribution in [1.29, 1.82) is 0 Å². The lowest BCUT2D eigenvalue weighted by Crippen LogP contribution is -2.47. The molecule has 0 N–H and O–H groups in total. The van der Waals surface area contributed by atoms with Crippen LogP contribution in [0.1, 0.15) is 12.8 Å². The standard InChI is InChI=1S/C14H19N3O4S/c1-22(20,21)14-10-12(4-5-13(14)17(18)19)16-8-6-15(7-9-16)11-2-3-11/h4-5,10-11H,2-3,6-9H2,1H3. The predicted molar refractivity (Wildman–Crippen MR) is 83.0 cm³/mol. The van der Waals surface area contributed by atoms with Crippen LogP contribution < -0.4 is 4.90 Å². The highest BCUT2D eigenvalue weighted by Crippen LogP contribution is 2.31. The van der Waals surface area contributed by atoms with Gasteiger partial charge in [0, 0.05) is 50.2 Å². The van der Waals surface area contributed by atoms with E-state index in [1.807, 2.05) is 0 Å². The van der Waals surface area contributed by atoms with Gasteiger partial charge in [0.1, 0.15) is 4.90 Å². The number of piperazine rings is 1. The molecule has 2 aliphatic rings. The van der Waals surface area contributed by atoms with Crippen LogP contribution in [0.3, 0.4) is 0 Å². The van der Waals surface area contributed by atoms with Crippen LogP contribution in [-0.2, 0) is 9.84 Å². The molecule has 1 aliphatic carbocycles. The van der Waals surface area contributed by atoms with Gasteiger partial charge >= 0.3 is 0 Å². The Morgan fingerprint density at radius 1 is 1.18 bits per heavy atom. The molecule has 7 nitrogen and oxygen atoms in total. The van der Waals surface area contributed by atoms with Crippen LogP contribution in [0.5, 0.6) is 0 Å². The molecule has 1 aromatic rings. The van der Waals surface area contributed by atoms with Gasteiger partial charge in [-0.25, -0.2) is 8.42 Å². The molecule has 3 rings (SSSR count). The van der Waals surface area contributed by atoms with Crippen molar-refractivity contribution in [1.82, 2.24) is 4.90 Å². The molecule has 0 amide bonds. The smallest absolute Gasteiger partial charge is 0.288 e. The van der Waals surface area contributed by atoms with Gasteiger partial charge in [-0.2, -0.15) is 0 Å². The molecule has 0 aromatic heterocycles. The predicted octanol–water partition coefficient (Wildman–Crippen LogP) is 1.28. The molecule has 0 spiro atoms. The molecule has 0 radical (unpaired) electrons. The van der Waals surface area contributed by atoms with Gasteiger partial charge in [-0.1, -0.05) is 0 Å². The zero-order valence-corrected chi connectivity index (χ0v) is 13.3. The van der Waals surface area contributed by atoms with Crippen LogP contribution in [0, 0.1) is 10.1 Å². The largest absolute Gasteiger partial charge is 0.369 e. The number of rotatable bonds is 4. The molecule has 0 atom stereocenters. The zero-order valence-electron chi connectivity index (χ0n) is 12.4. The number of nitro groups is 1. The third kappa shape index (κ3) is 3.07. The van der Waals surface area contributed by atoms with Crippen molar-refractivity contribution in [2.45, 2.75) is 23.8 Å². The average molecular weight is 325 g/mol. The van der Waals surface area contributed by atoms with Gasteiger partial charge in [0.2, 0.25) is 0 Å². The van der Waals surface area contributed by atoms with Crippen LogP contribution in [0.15, 0.2) is 23.1 Å². The van der Waals surface area contributed by atoms with E-state index in [0.717, 1.165) is 44.2 Å². The Morgan fingerprint density at radius 3 is 2.32 bits per heavy atom. The maximum absolute atomic E-state index is 11.8. The molecule has 1 heterocycles. The monoisotopic (exact) mass is 325 g/mol. The SMILES string of the molecule is CS(=O)(=O)c1cc(N2CCN(C3CC3)CC2)ccc1[N+](=O)[O-]. The molecule has 1 aliphatic heterocycles. The van der Waals surface area contributed by atoms with Gasteiger partial charge in [0.05, 0.1) is 4.92 Å². The minimum absolute atomic E-state index is 0.209. The van der Waals surface area contributed by atoms with Crippen LogP contribution in [-0.4, -0.2) is 56.7 Å². The zero-order chi connectivity index (χ0) is 15.9. The van der Waals surface area contributed by atoms with Crippen LogP contribution in [0.25, 0.3) is 0 Å². The fourth-order valence-electron chi connectivity index (χ4n) is 2.93. The number of hydrogen-bond acceptors (Lipinski definition) is 6. The minimum Gasteiger partial charge on any atom is -0.369 e. The van der Waals surface area contributed by atoms with Crippen molar-refractivity contribution in [2.24, 2.45) is 0 Å². The van der Waals surface area contributed by atoms with Crippen molar-refractivity contribution in [3.63, 3.8) is 0 Å². The Morgan fingerprint density at radius 2 is 1.82 bits per heavy atom. The van der Waals surface area contributed by atoms with Gasteiger partial charge in [-0.3, -0.25) is 15.0 Å². The summed E-state index contributed by atoms with van der Waals surface area (Å²) in [6, 6.07) is 5.09. The Hall–Kier alpha value is -1.67. The van der Waals surface area contributed by atoms with Gasteiger partial charge in [0.15, 0.2) is 9.84 Å². The molecule has 120 valence electrons. The van der Waals surface area contributed by atoms with E-state index in [4.69, 9.17) is 0 Å². The highest BCUT2D eigenvalue weighted by atomic mass is 32.2. The van der Waals surface area contributed by atoms with Gasteiger partial charge in [-0.05, 0) is 25.0 Å². The average Bonchev–Trinajstić information content (AvgIpc) is 3.30. The lowest BCUT2D eigenvalue weighted by molar-refractivity contribution is -0.387. The van der Waals surface area contributed by atoms with Crippen molar-refractivity contribution in [3.8, 4) is 0 Å². The summed E-state index contributed by atoms with van der Waals surface area (Å²) in [6.45, 7) is 3.54. The summed E-state index contributed by atoms with van der Waals surface area (Å²) in [5, 5.41) is 11.0. The Bertz CT molecular complexity index is 692. The summed E-state index contributed by atoms with van der Waals surface area (Å²) in [4.78, 5) is 14.7. The first-order valence-electron chi connectivity index (χ1n) is 7.34. The molecule has 0 unspecified atom stereocenters. The molecule has 1 saturated heterocycles. The quantitative estimate of drug-likeness (QED) is 0.612. The van der Waals surface area contributed by atoms with E-state index >= 15 is 0 Å². The molecule has 8 heteroatoms. The topological polar surface area (TPSA) is 83.8 Å².